The van der Waals surface area contributed by atoms with Crippen molar-refractivity contribution in [1.82, 2.24) is 19.7 Å². The highest BCUT2D eigenvalue weighted by atomic mass is 32.2. The van der Waals surface area contributed by atoms with Crippen molar-refractivity contribution in [3.05, 3.63) is 71.4 Å². The fourth-order valence-electron chi connectivity index (χ4n) is 3.47. The lowest BCUT2D eigenvalue weighted by Crippen LogP contribution is -2.04. The first-order valence-electron chi connectivity index (χ1n) is 9.77. The van der Waals surface area contributed by atoms with Gasteiger partial charge in [0.05, 0.1) is 29.4 Å². The SMILES string of the molecule is COc1cc2c(-c3ccsc3)nc(-n3cc(-c4ccc(S(C)(=O)=O)cc4)cn3)nc2cc1F. The Morgan fingerprint density at radius 1 is 1.03 bits per heavy atom. The first-order chi connectivity index (χ1) is 15.8. The number of hydrogen-bond acceptors (Lipinski definition) is 7. The van der Waals surface area contributed by atoms with Crippen LogP contribution < -0.4 is 4.74 Å². The molecule has 10 heteroatoms. The monoisotopic (exact) mass is 480 g/mol. The van der Waals surface area contributed by atoms with Crippen molar-refractivity contribution in [3.8, 4) is 34.1 Å². The second-order valence-electron chi connectivity index (χ2n) is 7.36. The molecule has 0 saturated carbocycles. The summed E-state index contributed by atoms with van der Waals surface area (Å²) >= 11 is 1.53. The zero-order chi connectivity index (χ0) is 23.2. The van der Waals surface area contributed by atoms with Gasteiger partial charge in [0, 0.05) is 40.4 Å². The summed E-state index contributed by atoms with van der Waals surface area (Å²) in [5.41, 5.74) is 3.50. The van der Waals surface area contributed by atoms with E-state index in [0.29, 0.717) is 16.6 Å². The van der Waals surface area contributed by atoms with Crippen LogP contribution in [0.4, 0.5) is 4.39 Å². The van der Waals surface area contributed by atoms with E-state index < -0.39 is 15.7 Å². The molecule has 0 unspecified atom stereocenters. The molecule has 0 N–H and O–H groups in total. The highest BCUT2D eigenvalue weighted by Crippen LogP contribution is 2.32. The summed E-state index contributed by atoms with van der Waals surface area (Å²) < 4.78 is 44.5. The maximum Gasteiger partial charge on any atom is 0.251 e. The van der Waals surface area contributed by atoms with Gasteiger partial charge in [-0.05, 0) is 35.2 Å². The molecule has 0 saturated heterocycles. The van der Waals surface area contributed by atoms with Crippen LogP contribution in [0, 0.1) is 5.82 Å². The van der Waals surface area contributed by atoms with Crippen molar-refractivity contribution >= 4 is 32.1 Å². The van der Waals surface area contributed by atoms with E-state index >= 15 is 0 Å². The van der Waals surface area contributed by atoms with Crippen LogP contribution in [0.25, 0.3) is 39.2 Å². The van der Waals surface area contributed by atoms with E-state index in [9.17, 15) is 12.8 Å². The van der Waals surface area contributed by atoms with Crippen LogP contribution >= 0.6 is 11.3 Å². The molecular formula is C23H17FN4O3S2. The molecule has 0 spiro atoms. The predicted octanol–water partition coefficient (Wildman–Crippen LogP) is 4.76. The number of hydrogen-bond donors (Lipinski definition) is 0. The van der Waals surface area contributed by atoms with Crippen LogP contribution in [0.3, 0.4) is 0 Å². The lowest BCUT2D eigenvalue weighted by Gasteiger charge is -2.10. The predicted molar refractivity (Wildman–Crippen MR) is 125 cm³/mol. The molecule has 5 aromatic rings. The van der Waals surface area contributed by atoms with Crippen LogP contribution in [-0.2, 0) is 9.84 Å². The number of rotatable bonds is 5. The molecule has 7 nitrogen and oxygen atoms in total. The molecule has 0 aliphatic carbocycles. The maximum atomic E-state index is 14.4. The molecule has 3 aromatic heterocycles. The van der Waals surface area contributed by atoms with E-state index in [0.717, 1.165) is 16.7 Å². The van der Waals surface area contributed by atoms with Gasteiger partial charge in [-0.15, -0.1) is 0 Å². The molecule has 0 fully saturated rings. The summed E-state index contributed by atoms with van der Waals surface area (Å²) in [5.74, 6) is -0.112. The Morgan fingerprint density at radius 3 is 2.48 bits per heavy atom. The van der Waals surface area contributed by atoms with Gasteiger partial charge in [0.15, 0.2) is 21.4 Å². The minimum Gasteiger partial charge on any atom is -0.494 e. The third-order valence-corrected chi connectivity index (χ3v) is 6.97. The fraction of sp³-hybridized carbons (Fsp3) is 0.0870. The molecule has 0 amide bonds. The van der Waals surface area contributed by atoms with E-state index in [1.807, 2.05) is 16.8 Å². The van der Waals surface area contributed by atoms with Gasteiger partial charge in [0.1, 0.15) is 0 Å². The molecule has 0 atom stereocenters. The van der Waals surface area contributed by atoms with Crippen molar-refractivity contribution in [2.45, 2.75) is 4.90 Å². The summed E-state index contributed by atoms with van der Waals surface area (Å²) in [5, 5.41) is 8.94. The topological polar surface area (TPSA) is 87.0 Å². The Kier molecular flexibility index (Phi) is 5.18. The third-order valence-electron chi connectivity index (χ3n) is 5.16. The highest BCUT2D eigenvalue weighted by molar-refractivity contribution is 7.90. The van der Waals surface area contributed by atoms with Crippen LogP contribution in [0.2, 0.25) is 0 Å². The van der Waals surface area contributed by atoms with Gasteiger partial charge in [0.2, 0.25) is 0 Å². The molecule has 0 aliphatic rings. The van der Waals surface area contributed by atoms with Gasteiger partial charge in [-0.2, -0.15) is 16.4 Å². The van der Waals surface area contributed by atoms with Crippen LogP contribution in [0.15, 0.2) is 70.5 Å². The Balaban J connectivity index is 1.62. The fourth-order valence-corrected chi connectivity index (χ4v) is 4.74. The van der Waals surface area contributed by atoms with Gasteiger partial charge < -0.3 is 4.74 Å². The highest BCUT2D eigenvalue weighted by Gasteiger charge is 2.16. The standard InChI is InChI=1S/C23H17FN4O3S2/c1-31-21-9-18-20(10-19(21)24)26-23(27-22(18)15-7-8-32-13-15)28-12-16(11-25-28)14-3-5-17(6-4-14)33(2,29)30/h3-13H,1-2H3. The zero-order valence-corrected chi connectivity index (χ0v) is 19.2. The third kappa shape index (κ3) is 3.98. The van der Waals surface area contributed by atoms with E-state index in [2.05, 4.69) is 10.1 Å². The van der Waals surface area contributed by atoms with E-state index in [1.54, 1.807) is 42.7 Å². The summed E-state index contributed by atoms with van der Waals surface area (Å²) in [6, 6.07) is 11.4. The Hall–Kier alpha value is -3.63. The molecule has 3 heterocycles. The number of ether oxygens (including phenoxy) is 1. The second kappa shape index (κ2) is 8.05. The number of benzene rings is 2. The molecule has 33 heavy (non-hydrogen) atoms. The molecular weight excluding hydrogens is 463 g/mol. The number of nitrogens with zero attached hydrogens (tertiary/aromatic N) is 4. The first-order valence-corrected chi connectivity index (χ1v) is 12.6. The minimum atomic E-state index is -3.27. The molecule has 5 rings (SSSR count). The summed E-state index contributed by atoms with van der Waals surface area (Å²) in [6.07, 6.45) is 4.55. The van der Waals surface area contributed by atoms with Crippen LogP contribution in [0.1, 0.15) is 0 Å². The smallest absolute Gasteiger partial charge is 0.251 e. The lowest BCUT2D eigenvalue weighted by atomic mass is 10.1. The van der Waals surface area contributed by atoms with Gasteiger partial charge in [-0.25, -0.2) is 27.5 Å². The molecule has 0 aliphatic heterocycles. The van der Waals surface area contributed by atoms with Crippen molar-refractivity contribution < 1.29 is 17.5 Å². The number of thiophene rings is 1. The average molecular weight is 481 g/mol. The van der Waals surface area contributed by atoms with E-state index in [1.165, 1.54) is 35.5 Å². The van der Waals surface area contributed by atoms with E-state index in [-0.39, 0.29) is 16.6 Å². The molecule has 2 aromatic carbocycles. The number of methoxy groups -OCH3 is 1. The normalized spacial score (nSPS) is 11.7. The summed E-state index contributed by atoms with van der Waals surface area (Å²) in [4.78, 5) is 9.48. The Labute approximate surface area is 193 Å². The Bertz CT molecular complexity index is 1580. The zero-order valence-electron chi connectivity index (χ0n) is 17.6. The minimum absolute atomic E-state index is 0.120. The quantitative estimate of drug-likeness (QED) is 0.360. The van der Waals surface area contributed by atoms with Crippen molar-refractivity contribution in [2.75, 3.05) is 13.4 Å². The summed E-state index contributed by atoms with van der Waals surface area (Å²) in [6.45, 7) is 0. The largest absolute Gasteiger partial charge is 0.494 e. The number of aromatic nitrogens is 4. The number of halogens is 1. The van der Waals surface area contributed by atoms with Crippen molar-refractivity contribution in [1.29, 1.82) is 0 Å². The number of fused-ring (bicyclic) bond motifs is 1. The average Bonchev–Trinajstić information content (AvgIpc) is 3.50. The van der Waals surface area contributed by atoms with Gasteiger partial charge in [-0.1, -0.05) is 12.1 Å². The number of sulfone groups is 1. The van der Waals surface area contributed by atoms with Crippen molar-refractivity contribution in [3.63, 3.8) is 0 Å². The van der Waals surface area contributed by atoms with Gasteiger partial charge in [0.25, 0.3) is 5.95 Å². The van der Waals surface area contributed by atoms with Crippen LogP contribution in [-0.4, -0.2) is 41.5 Å². The summed E-state index contributed by atoms with van der Waals surface area (Å²) in [7, 11) is -1.86. The first kappa shape index (κ1) is 21.2. The van der Waals surface area contributed by atoms with Gasteiger partial charge >= 0.3 is 0 Å². The molecule has 166 valence electrons. The van der Waals surface area contributed by atoms with E-state index in [4.69, 9.17) is 9.72 Å². The lowest BCUT2D eigenvalue weighted by molar-refractivity contribution is 0.387. The Morgan fingerprint density at radius 2 is 1.82 bits per heavy atom. The second-order valence-corrected chi connectivity index (χ2v) is 10.2. The van der Waals surface area contributed by atoms with Crippen LogP contribution in [0.5, 0.6) is 5.75 Å². The van der Waals surface area contributed by atoms with Gasteiger partial charge in [-0.3, -0.25) is 0 Å². The molecule has 0 radical (unpaired) electrons. The maximum absolute atomic E-state index is 14.4. The molecule has 0 bridgehead atoms. The van der Waals surface area contributed by atoms with Crippen molar-refractivity contribution in [2.24, 2.45) is 0 Å².